The van der Waals surface area contributed by atoms with Crippen LogP contribution in [0.15, 0.2) is 164 Å². The molecule has 4 amide bonds. The molecule has 0 saturated heterocycles. The maximum atomic E-state index is 13.8. The summed E-state index contributed by atoms with van der Waals surface area (Å²) >= 11 is 30.4. The number of carbonyl (C=O) groups is 5. The van der Waals surface area contributed by atoms with E-state index in [1.165, 1.54) is 49.6 Å². The first-order chi connectivity index (χ1) is 47.0. The van der Waals surface area contributed by atoms with E-state index in [9.17, 15) is 59.9 Å². The van der Waals surface area contributed by atoms with Crippen LogP contribution in [-0.4, -0.2) is 88.8 Å². The number of aliphatic hydroxyl groups is 1. The van der Waals surface area contributed by atoms with Gasteiger partial charge >= 0.3 is 57.4 Å². The number of rotatable bonds is 12. The molecular formula is C72H74Br5Cl3F6KN3O10P-. The Labute approximate surface area is 687 Å². The smallest absolute Gasteiger partial charge is 0.465 e. The summed E-state index contributed by atoms with van der Waals surface area (Å²) in [5.74, 6) is -3.30. The van der Waals surface area contributed by atoms with E-state index in [-0.39, 0.29) is 152 Å². The predicted molar refractivity (Wildman–Crippen MR) is 407 cm³/mol. The van der Waals surface area contributed by atoms with Gasteiger partial charge in [-0.15, -0.1) is 12.1 Å². The van der Waals surface area contributed by atoms with Gasteiger partial charge in [-0.05, 0) is 211 Å². The van der Waals surface area contributed by atoms with Gasteiger partial charge in [0.15, 0.2) is 4.30 Å². The van der Waals surface area contributed by atoms with Gasteiger partial charge in [0.05, 0.1) is 63.1 Å². The molecular weight excluding hydrogens is 1760 g/mol. The molecule has 0 atom stereocenters. The Bertz CT molecular complexity index is 3770. The van der Waals surface area contributed by atoms with Crippen molar-refractivity contribution < 1.29 is 127 Å². The second-order valence-corrected chi connectivity index (χ2v) is 37.9. The summed E-state index contributed by atoms with van der Waals surface area (Å²) in [4.78, 5) is 82.1. The van der Waals surface area contributed by atoms with Crippen LogP contribution in [0.2, 0.25) is 0 Å². The van der Waals surface area contributed by atoms with E-state index in [2.05, 4.69) is 83.1 Å². The minimum Gasteiger partial charge on any atom is -0.465 e. The predicted octanol–water partition coefficient (Wildman–Crippen LogP) is 18.4. The van der Waals surface area contributed by atoms with Crippen LogP contribution in [0.25, 0.3) is 0 Å². The van der Waals surface area contributed by atoms with Crippen molar-refractivity contribution in [3.63, 3.8) is 0 Å². The molecule has 0 radical (unpaired) electrons. The van der Waals surface area contributed by atoms with E-state index in [0.717, 1.165) is 28.6 Å². The quantitative estimate of drug-likeness (QED) is 0.0224. The number of benzene rings is 8. The number of aliphatic hydroxyl groups excluding tert-OH is 1. The Hall–Kier alpha value is -4.35. The first-order valence-electron chi connectivity index (χ1n) is 29.2. The number of carbonyl (C=O) groups excluding carboxylic acids is 7. The van der Waals surface area contributed by atoms with Crippen molar-refractivity contribution in [2.24, 2.45) is 0 Å². The van der Waals surface area contributed by atoms with Gasteiger partial charge in [-0.2, -0.15) is 0 Å². The number of amides is 4. The zero-order valence-corrected chi connectivity index (χ0v) is 69.5. The zero-order valence-electron chi connectivity index (χ0n) is 56.3. The van der Waals surface area contributed by atoms with Crippen LogP contribution in [0.3, 0.4) is 0 Å². The number of nitrogens with zero attached hydrogens (tertiary/aromatic N) is 2. The summed E-state index contributed by atoms with van der Waals surface area (Å²) in [6, 6.07) is 43.4. The first-order valence-corrected chi connectivity index (χ1v) is 39.4. The van der Waals surface area contributed by atoms with Crippen molar-refractivity contribution in [2.75, 3.05) is 27.5 Å². The van der Waals surface area contributed by atoms with E-state index in [1.807, 2.05) is 19.9 Å². The number of hydrogen-bond acceptors (Lipinski definition) is 11. The molecule has 0 bridgehead atoms. The molecule has 2 heterocycles. The van der Waals surface area contributed by atoms with E-state index in [4.69, 9.17) is 46.0 Å². The Morgan fingerprint density at radius 2 is 0.842 bits per heavy atom. The summed E-state index contributed by atoms with van der Waals surface area (Å²) in [7, 11) is 0.264. The number of esters is 1. The monoisotopic (exact) mass is 1820 g/mol. The van der Waals surface area contributed by atoms with Gasteiger partial charge in [-0.3, -0.25) is 44.5 Å². The topological polar surface area (TPSA) is 200 Å². The fourth-order valence-electron chi connectivity index (χ4n) is 7.82. The average molecular weight is 1830 g/mol. The number of aryl methyl sites for hydroxylation is 4. The molecule has 8 aromatic rings. The summed E-state index contributed by atoms with van der Waals surface area (Å²) < 4.78 is 89.4. The molecule has 0 spiro atoms. The van der Waals surface area contributed by atoms with Crippen molar-refractivity contribution in [3.8, 4) is 0 Å². The molecule has 2 aliphatic heterocycles. The standard InChI is InChI=1S/C16H11BrFNO2.C16H12FNO2.C9H9FO2.C8H8BrF.C8H9FO.C8H4O2.C4H10O.CHCl3.CH3F.CH4.Br3P.K.H3N/c17-8-11-6-5-10(7-14(11)18)9-19-15(20)12-3-1-2-4-13(12)16(19)21;1-10-6-7-11(8-14(10)17)9-18-15(19)12-4-2-3-5-13(12)16(18)20;1-6-3-4-7(5-8(6)10)9(11)12-2;1-6-2-3-7(5-9)4-8(6)10;1-6-2-3-7(5-10)4-8(6)9;9-5-7-3-1-2-4-8(7)6-10;1-3-5-4-2;2-1(3)4;1-2;;1-4(2)3;;/h1-7H,8-9H2;2-8H,9H2,1H3;3-5H,1-2H3;2-4H,5H2,1H3;2-4,10H,5H2,1H3;1-4H;3-4H2,1-2H3;1H;1H3;1H4;;;1H3/q;;;;;-2;;;;;;+1;/i;;;;;;;;1D;;;;. The normalized spacial score (nSPS) is 10.9. The molecule has 29 heteroatoms. The third-order valence-electron chi connectivity index (χ3n) is 12.9. The Morgan fingerprint density at radius 1 is 0.545 bits per heavy atom. The molecule has 10 rings (SSSR count). The Balaban J connectivity index is -0.00000112. The van der Waals surface area contributed by atoms with Crippen LogP contribution < -0.4 is 57.5 Å². The van der Waals surface area contributed by atoms with Gasteiger partial charge in [0, 0.05) is 23.9 Å². The average Bonchev–Trinajstić information content (AvgIpc) is 1.62. The zero-order chi connectivity index (χ0) is 74.9. The van der Waals surface area contributed by atoms with Gasteiger partial charge < -0.3 is 30.3 Å². The summed E-state index contributed by atoms with van der Waals surface area (Å²) in [5.41, 5.74) is 8.06. The second-order valence-electron chi connectivity index (χ2n) is 19.5. The maximum absolute atomic E-state index is 13.8. The number of methoxy groups -OCH3 is 1. The molecule has 101 heavy (non-hydrogen) atoms. The summed E-state index contributed by atoms with van der Waals surface area (Å²) in [6.07, 6.45) is 3.27. The van der Waals surface area contributed by atoms with Crippen molar-refractivity contribution in [2.45, 2.75) is 83.6 Å². The minimum atomic E-state index is -1.00. The number of alkyl halides is 6. The van der Waals surface area contributed by atoms with Crippen LogP contribution in [0, 0.1) is 56.8 Å². The number of ether oxygens (including phenoxy) is 2. The Kier molecular flexibility index (Phi) is 54.8. The number of halogens is 14. The van der Waals surface area contributed by atoms with Crippen molar-refractivity contribution >= 4 is 159 Å². The molecule has 13 nitrogen and oxygen atoms in total. The maximum Gasteiger partial charge on any atom is 1.00 e. The molecule has 8 aromatic carbocycles. The third kappa shape index (κ3) is 36.5. The molecule has 4 N–H and O–H groups in total. The van der Waals surface area contributed by atoms with Crippen molar-refractivity contribution in [3.05, 3.63) is 282 Å². The van der Waals surface area contributed by atoms with E-state index < -0.39 is 23.2 Å². The van der Waals surface area contributed by atoms with Gasteiger partial charge in [0.25, 0.3) is 23.6 Å². The molecule has 0 fully saturated rings. The van der Waals surface area contributed by atoms with Gasteiger partial charge in [-0.25, -0.2) is 38.9 Å². The summed E-state index contributed by atoms with van der Waals surface area (Å²) in [6.45, 7) is 12.5. The molecule has 2 aliphatic rings. The number of fused-ring (bicyclic) bond motifs is 2. The fourth-order valence-corrected chi connectivity index (χ4v) is 8.62. The molecule has 542 valence electrons. The van der Waals surface area contributed by atoms with Crippen molar-refractivity contribution in [1.82, 2.24) is 16.0 Å². The number of imide groups is 2. The van der Waals surface area contributed by atoms with Gasteiger partial charge in [0.2, 0.25) is 0 Å². The SMILES string of the molecule is BrP(Br)Br.C.CCOCC.COC(=O)c1ccc(C)c(F)c1.Cc1ccc(CBr)cc1F.Cc1ccc(CN2C(=O)c3ccccc3C2=O)cc1F.Cc1ccc(CO)cc1F.ClC(Cl)Cl.N.O=C1c2ccccc2C(=O)N1Cc1ccc(CBr)c(F)c1.O=[C-]c1ccccc1[C-]=O.[2H]CF.[K+]. The minimum absolute atomic E-state index is 0. The summed E-state index contributed by atoms with van der Waals surface area (Å²) in [5, 5.41) is 9.72. The van der Waals surface area contributed by atoms with Gasteiger partial charge in [-0.1, -0.05) is 153 Å². The third-order valence-corrected chi connectivity index (χ3v) is 14.1. The second kappa shape index (κ2) is 56.0. The van der Waals surface area contributed by atoms with Crippen LogP contribution >= 0.6 is 117 Å². The van der Waals surface area contributed by atoms with Crippen molar-refractivity contribution in [1.29, 1.82) is 0 Å². The first kappa shape index (κ1) is 98.7. The number of hydrogen-bond donors (Lipinski definition) is 2. The van der Waals surface area contributed by atoms with E-state index >= 15 is 0 Å². The van der Waals surface area contributed by atoms with Gasteiger partial charge in [0.1, 0.15) is 33.1 Å². The molecule has 0 aromatic heterocycles. The van der Waals surface area contributed by atoms with Crippen LogP contribution in [-0.2, 0) is 49.4 Å². The Morgan fingerprint density at radius 3 is 1.13 bits per heavy atom. The molecule has 0 aliphatic carbocycles. The van der Waals surface area contributed by atoms with E-state index in [0.29, 0.717) is 77.4 Å². The largest absolute Gasteiger partial charge is 1.00 e. The molecule has 0 unspecified atom stereocenters. The van der Waals surface area contributed by atoms with Crippen LogP contribution in [0.5, 0.6) is 0 Å². The fraction of sp³-hybridized carbons (Fsp3) is 0.236. The molecule has 0 saturated carbocycles. The van der Waals surface area contributed by atoms with Crippen LogP contribution in [0.4, 0.5) is 26.3 Å². The van der Waals surface area contributed by atoms with E-state index in [1.54, 1.807) is 156 Å². The van der Waals surface area contributed by atoms with Crippen LogP contribution in [0.1, 0.15) is 136 Å².